The molecule has 0 unspecified atom stereocenters. The Balaban J connectivity index is 1.38. The van der Waals surface area contributed by atoms with Gasteiger partial charge in [0.05, 0.1) is 11.3 Å². The number of hydrogen-bond acceptors (Lipinski definition) is 4. The van der Waals surface area contributed by atoms with Crippen LogP contribution >= 0.6 is 0 Å². The van der Waals surface area contributed by atoms with Crippen molar-refractivity contribution in [3.8, 4) is 0 Å². The average Bonchev–Trinajstić information content (AvgIpc) is 3.45. The number of nitrogens with zero attached hydrogens (tertiary/aromatic N) is 2. The van der Waals surface area contributed by atoms with Gasteiger partial charge in [-0.15, -0.1) is 0 Å². The number of alkyl halides is 3. The van der Waals surface area contributed by atoms with E-state index in [4.69, 9.17) is 0 Å². The lowest BCUT2D eigenvalue weighted by atomic mass is 10.0. The van der Waals surface area contributed by atoms with Crippen molar-refractivity contribution in [3.63, 3.8) is 0 Å². The van der Waals surface area contributed by atoms with Crippen molar-refractivity contribution in [1.82, 2.24) is 10.2 Å². The molecule has 0 aliphatic carbocycles. The first-order valence-corrected chi connectivity index (χ1v) is 14.4. The number of benzene rings is 1. The summed E-state index contributed by atoms with van der Waals surface area (Å²) in [6.07, 6.45) is 13.4. The summed E-state index contributed by atoms with van der Waals surface area (Å²) in [5.74, 6) is -2.32. The van der Waals surface area contributed by atoms with Crippen molar-refractivity contribution in [2.45, 2.75) is 116 Å². The van der Waals surface area contributed by atoms with Crippen LogP contribution in [0.5, 0.6) is 0 Å². The second-order valence-electron chi connectivity index (χ2n) is 10.4. The number of H-pyrrole nitrogens is 1. The highest BCUT2D eigenvalue weighted by Crippen LogP contribution is 2.39. The fourth-order valence-corrected chi connectivity index (χ4v) is 5.13. The molecule has 3 rings (SSSR count). The van der Waals surface area contributed by atoms with E-state index in [1.165, 1.54) is 82.8 Å². The molecule has 214 valence electrons. The predicted molar refractivity (Wildman–Crippen MR) is 145 cm³/mol. The number of aromatic nitrogens is 2. The van der Waals surface area contributed by atoms with Crippen LogP contribution in [-0.2, 0) is 6.18 Å². The van der Waals surface area contributed by atoms with E-state index in [2.05, 4.69) is 17.1 Å². The number of rotatable bonds is 18. The molecule has 0 atom stereocenters. The lowest BCUT2D eigenvalue weighted by Gasteiger charge is -2.19. The summed E-state index contributed by atoms with van der Waals surface area (Å²) >= 11 is 0. The summed E-state index contributed by atoms with van der Waals surface area (Å²) in [6.45, 7) is 2.24. The van der Waals surface area contributed by atoms with Gasteiger partial charge in [0, 0.05) is 6.42 Å². The van der Waals surface area contributed by atoms with E-state index in [0.29, 0.717) is 11.3 Å². The van der Waals surface area contributed by atoms with Gasteiger partial charge in [-0.05, 0) is 18.6 Å². The number of anilines is 1. The first-order valence-electron chi connectivity index (χ1n) is 14.4. The molecule has 2 heterocycles. The molecule has 0 bridgehead atoms. The standard InChI is InChI=1S/C30H40F3N3O3/c1-2-3-4-5-6-7-8-9-10-11-12-13-14-15-16-21-24(37)26-25-27(35-34-26)29(39)36(28(25)38)23-20-18-17-19-22(23)30(31,32)33/h17-20H,2-16,21H2,1H3,(H,34,35). The van der Waals surface area contributed by atoms with Gasteiger partial charge in [-0.3, -0.25) is 19.5 Å². The zero-order valence-corrected chi connectivity index (χ0v) is 22.9. The van der Waals surface area contributed by atoms with Crippen LogP contribution in [0.4, 0.5) is 18.9 Å². The normalized spacial score (nSPS) is 13.4. The van der Waals surface area contributed by atoms with Crippen LogP contribution in [0.25, 0.3) is 0 Å². The molecule has 0 spiro atoms. The monoisotopic (exact) mass is 547 g/mol. The van der Waals surface area contributed by atoms with Gasteiger partial charge in [0.1, 0.15) is 17.0 Å². The molecule has 2 amide bonds. The van der Waals surface area contributed by atoms with Gasteiger partial charge in [-0.25, -0.2) is 4.90 Å². The summed E-state index contributed by atoms with van der Waals surface area (Å²) in [6, 6.07) is 4.38. The van der Waals surface area contributed by atoms with Crippen LogP contribution in [0.2, 0.25) is 0 Å². The first kappa shape index (κ1) is 30.6. The van der Waals surface area contributed by atoms with E-state index in [1.807, 2.05) is 0 Å². The Morgan fingerprint density at radius 2 is 1.31 bits per heavy atom. The number of nitrogens with one attached hydrogen (secondary N) is 1. The third-order valence-corrected chi connectivity index (χ3v) is 7.32. The molecule has 0 saturated heterocycles. The fraction of sp³-hybridized carbons (Fsp3) is 0.600. The van der Waals surface area contributed by atoms with Gasteiger partial charge in [-0.2, -0.15) is 18.3 Å². The van der Waals surface area contributed by atoms with E-state index in [9.17, 15) is 27.6 Å². The van der Waals surface area contributed by atoms with Crippen LogP contribution in [0.1, 0.15) is 147 Å². The minimum Gasteiger partial charge on any atom is -0.292 e. The molecule has 1 aromatic carbocycles. The highest BCUT2D eigenvalue weighted by molar-refractivity contribution is 6.35. The second kappa shape index (κ2) is 15.0. The maximum Gasteiger partial charge on any atom is 0.418 e. The van der Waals surface area contributed by atoms with Crippen LogP contribution in [0, 0.1) is 0 Å². The summed E-state index contributed by atoms with van der Waals surface area (Å²) in [5, 5.41) is 6.26. The molecule has 6 nitrogen and oxygen atoms in total. The molecule has 0 fully saturated rings. The molecular weight excluding hydrogens is 507 g/mol. The number of ketones is 1. The molecule has 1 aliphatic heterocycles. The quantitative estimate of drug-likeness (QED) is 0.115. The number of hydrogen-bond donors (Lipinski definition) is 1. The largest absolute Gasteiger partial charge is 0.418 e. The number of amides is 2. The van der Waals surface area contributed by atoms with Gasteiger partial charge >= 0.3 is 6.18 Å². The van der Waals surface area contributed by atoms with Gasteiger partial charge in [-0.1, -0.05) is 109 Å². The van der Waals surface area contributed by atoms with Crippen LogP contribution in [0.15, 0.2) is 24.3 Å². The molecular formula is C30H40F3N3O3. The van der Waals surface area contributed by atoms with E-state index in [0.717, 1.165) is 31.4 Å². The van der Waals surface area contributed by atoms with Crippen molar-refractivity contribution in [2.75, 3.05) is 4.90 Å². The first-order chi connectivity index (χ1) is 18.8. The Hall–Kier alpha value is -2.97. The zero-order chi connectivity index (χ0) is 28.3. The van der Waals surface area contributed by atoms with Gasteiger partial charge in [0.25, 0.3) is 11.8 Å². The van der Waals surface area contributed by atoms with Crippen molar-refractivity contribution >= 4 is 23.3 Å². The SMILES string of the molecule is CCCCCCCCCCCCCCCCCC(=O)c1n[nH]c2c1C(=O)N(c1ccccc1C(F)(F)F)C2=O. The summed E-state index contributed by atoms with van der Waals surface area (Å²) in [7, 11) is 0. The smallest absolute Gasteiger partial charge is 0.292 e. The molecule has 0 saturated carbocycles. The van der Waals surface area contributed by atoms with Gasteiger partial charge in [0.15, 0.2) is 5.78 Å². The number of carbonyl (C=O) groups is 3. The number of aromatic amines is 1. The Morgan fingerprint density at radius 1 is 0.795 bits per heavy atom. The Bertz CT molecular complexity index is 1110. The summed E-state index contributed by atoms with van der Waals surface area (Å²) in [5.41, 5.74) is -2.35. The van der Waals surface area contributed by atoms with Gasteiger partial charge in [0.2, 0.25) is 0 Å². The van der Waals surface area contributed by atoms with Crippen LogP contribution in [0.3, 0.4) is 0 Å². The number of halogens is 3. The van der Waals surface area contributed by atoms with Crippen LogP contribution in [-0.4, -0.2) is 27.8 Å². The molecule has 1 aromatic heterocycles. The van der Waals surface area contributed by atoms with Crippen molar-refractivity contribution in [3.05, 3.63) is 46.8 Å². The Morgan fingerprint density at radius 3 is 1.85 bits per heavy atom. The van der Waals surface area contributed by atoms with E-state index < -0.39 is 35.0 Å². The maximum absolute atomic E-state index is 13.5. The topological polar surface area (TPSA) is 83.1 Å². The Labute approximate surface area is 228 Å². The molecule has 1 aliphatic rings. The Kier molecular flexibility index (Phi) is 11.7. The fourth-order valence-electron chi connectivity index (χ4n) is 5.13. The summed E-state index contributed by atoms with van der Waals surface area (Å²) < 4.78 is 40.4. The molecule has 9 heteroatoms. The molecule has 0 radical (unpaired) electrons. The minimum absolute atomic E-state index is 0.163. The lowest BCUT2D eigenvalue weighted by molar-refractivity contribution is -0.137. The number of Topliss-reactive ketones (excluding diaryl/α,β-unsaturated/α-hetero) is 1. The highest BCUT2D eigenvalue weighted by atomic mass is 19.4. The third-order valence-electron chi connectivity index (χ3n) is 7.32. The summed E-state index contributed by atoms with van der Waals surface area (Å²) in [4.78, 5) is 39.0. The molecule has 1 N–H and O–H groups in total. The van der Waals surface area contributed by atoms with Crippen molar-refractivity contribution in [1.29, 1.82) is 0 Å². The number of carbonyl (C=O) groups excluding carboxylic acids is 3. The van der Waals surface area contributed by atoms with E-state index >= 15 is 0 Å². The van der Waals surface area contributed by atoms with Crippen molar-refractivity contribution in [2.24, 2.45) is 0 Å². The van der Waals surface area contributed by atoms with Gasteiger partial charge < -0.3 is 0 Å². The number of unbranched alkanes of at least 4 members (excludes halogenated alkanes) is 14. The average molecular weight is 548 g/mol. The number of fused-ring (bicyclic) bond motifs is 1. The van der Waals surface area contributed by atoms with Crippen molar-refractivity contribution < 1.29 is 27.6 Å². The third kappa shape index (κ3) is 8.26. The maximum atomic E-state index is 13.5. The van der Waals surface area contributed by atoms with Crippen LogP contribution < -0.4 is 4.90 Å². The predicted octanol–water partition coefficient (Wildman–Crippen LogP) is 8.67. The molecule has 2 aromatic rings. The zero-order valence-electron chi connectivity index (χ0n) is 22.9. The minimum atomic E-state index is -4.75. The number of para-hydroxylation sites is 1. The molecule has 39 heavy (non-hydrogen) atoms. The number of imide groups is 1. The highest BCUT2D eigenvalue weighted by Gasteiger charge is 2.45. The lowest BCUT2D eigenvalue weighted by Crippen LogP contribution is -2.32. The van der Waals surface area contributed by atoms with E-state index in [1.54, 1.807) is 0 Å². The van der Waals surface area contributed by atoms with E-state index in [-0.39, 0.29) is 23.4 Å². The second-order valence-corrected chi connectivity index (χ2v) is 10.4.